The van der Waals surface area contributed by atoms with Crippen LogP contribution in [0.3, 0.4) is 0 Å². The molecule has 1 saturated heterocycles. The van der Waals surface area contributed by atoms with E-state index in [0.29, 0.717) is 18.2 Å². The number of carbonyl (C=O) groups is 1. The molecule has 2 aromatic rings. The van der Waals surface area contributed by atoms with Gasteiger partial charge in [-0.1, -0.05) is 13.8 Å². The van der Waals surface area contributed by atoms with E-state index >= 15 is 0 Å². The van der Waals surface area contributed by atoms with Gasteiger partial charge >= 0.3 is 0 Å². The van der Waals surface area contributed by atoms with Gasteiger partial charge in [-0.15, -0.1) is 0 Å². The van der Waals surface area contributed by atoms with Crippen LogP contribution in [0.1, 0.15) is 54.7 Å². The molecule has 3 heterocycles. The number of amides is 1. The van der Waals surface area contributed by atoms with E-state index in [0.717, 1.165) is 30.8 Å². The maximum atomic E-state index is 12.9. The topological polar surface area (TPSA) is 68.3 Å². The van der Waals surface area contributed by atoms with Gasteiger partial charge < -0.3 is 9.32 Å². The van der Waals surface area contributed by atoms with Gasteiger partial charge in [0.05, 0.1) is 6.04 Å². The molecule has 1 amide bonds. The number of furan rings is 1. The number of piperidine rings is 1. The van der Waals surface area contributed by atoms with Crippen molar-refractivity contribution < 1.29 is 9.21 Å². The summed E-state index contributed by atoms with van der Waals surface area (Å²) in [6, 6.07) is 6.74. The van der Waals surface area contributed by atoms with Gasteiger partial charge in [-0.25, -0.2) is 4.68 Å². The normalized spacial score (nSPS) is 21.0. The summed E-state index contributed by atoms with van der Waals surface area (Å²) in [4.78, 5) is 26.3. The van der Waals surface area contributed by atoms with E-state index in [9.17, 15) is 9.59 Å². The van der Waals surface area contributed by atoms with Gasteiger partial charge in [-0.05, 0) is 37.0 Å². The average Bonchev–Trinajstić information content (AvgIpc) is 3.05. The molecule has 0 saturated carbocycles. The zero-order valence-electron chi connectivity index (χ0n) is 14.4. The summed E-state index contributed by atoms with van der Waals surface area (Å²) in [7, 11) is 1.55. The zero-order valence-corrected chi connectivity index (χ0v) is 14.4. The van der Waals surface area contributed by atoms with Crippen LogP contribution < -0.4 is 5.56 Å². The minimum absolute atomic E-state index is 0.0828. The first-order valence-corrected chi connectivity index (χ1v) is 8.43. The van der Waals surface area contributed by atoms with E-state index < -0.39 is 0 Å². The molecule has 3 rings (SSSR count). The smallest absolute Gasteiger partial charge is 0.274 e. The number of hydrogen-bond acceptors (Lipinski definition) is 4. The number of likely N-dealkylation sites (tertiary alicyclic amines) is 1. The molecule has 0 N–H and O–H groups in total. The lowest BCUT2D eigenvalue weighted by Gasteiger charge is -2.37. The Kier molecular flexibility index (Phi) is 4.55. The monoisotopic (exact) mass is 329 g/mol. The summed E-state index contributed by atoms with van der Waals surface area (Å²) in [5.41, 5.74) is 0.0629. The highest BCUT2D eigenvalue weighted by Crippen LogP contribution is 2.35. The van der Waals surface area contributed by atoms with Gasteiger partial charge in [0.2, 0.25) is 0 Å². The van der Waals surface area contributed by atoms with Crippen molar-refractivity contribution in [1.82, 2.24) is 14.7 Å². The quantitative estimate of drug-likeness (QED) is 0.868. The Morgan fingerprint density at radius 3 is 2.79 bits per heavy atom. The first kappa shape index (κ1) is 16.5. The van der Waals surface area contributed by atoms with E-state index in [2.05, 4.69) is 12.0 Å². The third-order valence-electron chi connectivity index (χ3n) is 4.66. The second-order valence-corrected chi connectivity index (χ2v) is 6.48. The second kappa shape index (κ2) is 6.63. The van der Waals surface area contributed by atoms with Crippen LogP contribution in [0.4, 0.5) is 0 Å². The van der Waals surface area contributed by atoms with Crippen LogP contribution in [0.15, 0.2) is 33.5 Å². The van der Waals surface area contributed by atoms with Crippen molar-refractivity contribution in [2.45, 2.75) is 39.2 Å². The van der Waals surface area contributed by atoms with Crippen molar-refractivity contribution in [2.24, 2.45) is 13.0 Å². The van der Waals surface area contributed by atoms with E-state index in [1.165, 1.54) is 16.8 Å². The Balaban J connectivity index is 1.91. The van der Waals surface area contributed by atoms with Crippen LogP contribution in [0, 0.1) is 5.92 Å². The Hall–Kier alpha value is -2.37. The molecule has 1 fully saturated rings. The van der Waals surface area contributed by atoms with E-state index in [4.69, 9.17) is 4.42 Å². The minimum atomic E-state index is -0.228. The molecule has 1 aliphatic rings. The van der Waals surface area contributed by atoms with Crippen LogP contribution in [0.2, 0.25) is 0 Å². The van der Waals surface area contributed by atoms with Crippen LogP contribution in [-0.4, -0.2) is 27.1 Å². The lowest BCUT2D eigenvalue weighted by atomic mass is 9.91. The van der Waals surface area contributed by atoms with Crippen molar-refractivity contribution >= 4 is 5.91 Å². The van der Waals surface area contributed by atoms with E-state index in [1.807, 2.05) is 24.0 Å². The fourth-order valence-corrected chi connectivity index (χ4v) is 3.18. The van der Waals surface area contributed by atoms with Gasteiger partial charge in [-0.2, -0.15) is 5.10 Å². The van der Waals surface area contributed by atoms with Crippen LogP contribution in [-0.2, 0) is 13.5 Å². The van der Waals surface area contributed by atoms with Gasteiger partial charge in [0.15, 0.2) is 0 Å². The highest BCUT2D eigenvalue weighted by atomic mass is 16.3. The van der Waals surface area contributed by atoms with Crippen molar-refractivity contribution in [1.29, 1.82) is 0 Å². The van der Waals surface area contributed by atoms with Crippen molar-refractivity contribution in [2.75, 3.05) is 6.54 Å². The van der Waals surface area contributed by atoms with E-state index in [1.54, 1.807) is 7.05 Å². The average molecular weight is 329 g/mol. The summed E-state index contributed by atoms with van der Waals surface area (Å²) in [5.74, 6) is 2.13. The molecule has 6 nitrogen and oxygen atoms in total. The lowest BCUT2D eigenvalue weighted by molar-refractivity contribution is 0.0510. The maximum Gasteiger partial charge on any atom is 0.274 e. The summed E-state index contributed by atoms with van der Waals surface area (Å²) in [5, 5.41) is 4.10. The Bertz CT molecular complexity index is 793. The Labute approximate surface area is 141 Å². The number of carbonyl (C=O) groups excluding carboxylic acids is 1. The summed E-state index contributed by atoms with van der Waals surface area (Å²) in [6.45, 7) is 4.91. The largest absolute Gasteiger partial charge is 0.464 e. The molecule has 0 unspecified atom stereocenters. The lowest BCUT2D eigenvalue weighted by Crippen LogP contribution is -2.41. The molecule has 2 aromatic heterocycles. The third-order valence-corrected chi connectivity index (χ3v) is 4.66. The number of aryl methyl sites for hydroxylation is 2. The molecule has 0 aromatic carbocycles. The number of nitrogens with zero attached hydrogens (tertiary/aromatic N) is 3. The number of aromatic nitrogens is 2. The first-order chi connectivity index (χ1) is 11.5. The highest BCUT2D eigenvalue weighted by molar-refractivity contribution is 5.92. The van der Waals surface area contributed by atoms with Crippen LogP contribution >= 0.6 is 0 Å². The maximum absolute atomic E-state index is 12.9. The SMILES string of the molecule is CCc1ccc([C@H]2C[C@@H](C)CCN2C(=O)c2ccc(=O)n(C)n2)o1. The molecule has 0 bridgehead atoms. The standard InChI is InChI=1S/C18H23N3O3/c1-4-13-5-7-16(24-13)15-11-12(2)9-10-21(15)18(23)14-6-8-17(22)20(3)19-14/h5-8,12,15H,4,9-11H2,1-3H3/t12-,15+/m0/s1. The molecule has 128 valence electrons. The fourth-order valence-electron chi connectivity index (χ4n) is 3.18. The van der Waals surface area contributed by atoms with Crippen LogP contribution in [0.5, 0.6) is 0 Å². The third kappa shape index (κ3) is 3.13. The first-order valence-electron chi connectivity index (χ1n) is 8.43. The highest BCUT2D eigenvalue weighted by Gasteiger charge is 2.34. The summed E-state index contributed by atoms with van der Waals surface area (Å²) in [6.07, 6.45) is 2.65. The Morgan fingerprint density at radius 2 is 2.12 bits per heavy atom. The molecule has 2 atom stereocenters. The van der Waals surface area contributed by atoms with E-state index in [-0.39, 0.29) is 17.5 Å². The summed E-state index contributed by atoms with van der Waals surface area (Å²) < 4.78 is 7.10. The van der Waals surface area contributed by atoms with Gasteiger partial charge in [0.1, 0.15) is 17.2 Å². The van der Waals surface area contributed by atoms with Crippen molar-refractivity contribution in [3.8, 4) is 0 Å². The fraction of sp³-hybridized carbons (Fsp3) is 0.500. The molecule has 6 heteroatoms. The molecule has 0 spiro atoms. The molecule has 1 aliphatic heterocycles. The predicted octanol–water partition coefficient (Wildman–Crippen LogP) is 2.55. The molecular formula is C18H23N3O3. The molecule has 0 radical (unpaired) electrons. The zero-order chi connectivity index (χ0) is 17.3. The van der Waals surface area contributed by atoms with Gasteiger partial charge in [0, 0.05) is 26.1 Å². The second-order valence-electron chi connectivity index (χ2n) is 6.48. The summed E-state index contributed by atoms with van der Waals surface area (Å²) >= 11 is 0. The number of hydrogen-bond donors (Lipinski definition) is 0. The van der Waals surface area contributed by atoms with Gasteiger partial charge in [-0.3, -0.25) is 9.59 Å². The number of rotatable bonds is 3. The van der Waals surface area contributed by atoms with Crippen molar-refractivity contribution in [3.63, 3.8) is 0 Å². The predicted molar refractivity (Wildman–Crippen MR) is 89.7 cm³/mol. The van der Waals surface area contributed by atoms with Crippen LogP contribution in [0.25, 0.3) is 0 Å². The molecule has 0 aliphatic carbocycles. The molecule has 24 heavy (non-hydrogen) atoms. The Morgan fingerprint density at radius 1 is 1.33 bits per heavy atom. The minimum Gasteiger partial charge on any atom is -0.464 e. The van der Waals surface area contributed by atoms with Gasteiger partial charge in [0.25, 0.3) is 11.5 Å². The molecular weight excluding hydrogens is 306 g/mol. The van der Waals surface area contributed by atoms with Crippen molar-refractivity contribution in [3.05, 3.63) is 51.8 Å².